The zero-order chi connectivity index (χ0) is 8.43. The third kappa shape index (κ3) is 1.60. The van der Waals surface area contributed by atoms with Crippen molar-refractivity contribution in [2.45, 2.75) is 19.9 Å². The number of nitrogens with zero attached hydrogens (tertiary/aromatic N) is 2. The SMILES string of the molecule is CC(C)[C@@H](N)c1nccn1C. The van der Waals surface area contributed by atoms with E-state index in [9.17, 15) is 0 Å². The number of aromatic nitrogens is 2. The maximum absolute atomic E-state index is 5.90. The molecular formula is C8H15N3. The van der Waals surface area contributed by atoms with Gasteiger partial charge in [-0.25, -0.2) is 4.98 Å². The Kier molecular flexibility index (Phi) is 2.29. The number of hydrogen-bond donors (Lipinski definition) is 1. The lowest BCUT2D eigenvalue weighted by Gasteiger charge is -2.14. The molecule has 3 heteroatoms. The van der Waals surface area contributed by atoms with E-state index in [2.05, 4.69) is 18.8 Å². The molecule has 1 aromatic rings. The number of nitrogens with two attached hydrogens (primary N) is 1. The third-order valence-corrected chi connectivity index (χ3v) is 1.87. The summed E-state index contributed by atoms with van der Waals surface area (Å²) in [5.74, 6) is 1.40. The summed E-state index contributed by atoms with van der Waals surface area (Å²) in [6.07, 6.45) is 3.69. The van der Waals surface area contributed by atoms with Gasteiger partial charge in [0.15, 0.2) is 0 Å². The molecule has 62 valence electrons. The molecule has 0 aliphatic carbocycles. The minimum Gasteiger partial charge on any atom is -0.337 e. The van der Waals surface area contributed by atoms with E-state index >= 15 is 0 Å². The zero-order valence-corrected chi connectivity index (χ0v) is 7.28. The Morgan fingerprint density at radius 2 is 2.18 bits per heavy atom. The second kappa shape index (κ2) is 3.05. The summed E-state index contributed by atoms with van der Waals surface area (Å²) in [6, 6.07) is 0.0509. The van der Waals surface area contributed by atoms with Crippen molar-refractivity contribution in [1.82, 2.24) is 9.55 Å². The molecule has 0 unspecified atom stereocenters. The summed E-state index contributed by atoms with van der Waals surface area (Å²) in [6.45, 7) is 4.19. The summed E-state index contributed by atoms with van der Waals surface area (Å²) in [5.41, 5.74) is 5.90. The molecule has 2 N–H and O–H groups in total. The lowest BCUT2D eigenvalue weighted by Crippen LogP contribution is -2.20. The Labute approximate surface area is 67.2 Å². The van der Waals surface area contributed by atoms with Crippen LogP contribution in [0.5, 0.6) is 0 Å². The van der Waals surface area contributed by atoms with E-state index in [-0.39, 0.29) is 6.04 Å². The van der Waals surface area contributed by atoms with Crippen LogP contribution in [-0.4, -0.2) is 9.55 Å². The largest absolute Gasteiger partial charge is 0.337 e. The fourth-order valence-electron chi connectivity index (χ4n) is 0.996. The van der Waals surface area contributed by atoms with Crippen LogP contribution in [0.2, 0.25) is 0 Å². The number of rotatable bonds is 2. The van der Waals surface area contributed by atoms with Gasteiger partial charge in [0.2, 0.25) is 0 Å². The van der Waals surface area contributed by atoms with Gasteiger partial charge in [0.25, 0.3) is 0 Å². The molecule has 0 fully saturated rings. The lowest BCUT2D eigenvalue weighted by atomic mass is 10.1. The van der Waals surface area contributed by atoms with Crippen molar-refractivity contribution in [2.24, 2.45) is 18.7 Å². The number of imidazole rings is 1. The molecule has 0 saturated heterocycles. The first-order valence-corrected chi connectivity index (χ1v) is 3.85. The van der Waals surface area contributed by atoms with Gasteiger partial charge < -0.3 is 10.3 Å². The average Bonchev–Trinajstić information content (AvgIpc) is 2.33. The van der Waals surface area contributed by atoms with E-state index in [0.29, 0.717) is 5.92 Å². The minimum absolute atomic E-state index is 0.0509. The predicted octanol–water partition coefficient (Wildman–Crippen LogP) is 1.08. The molecule has 0 aliphatic heterocycles. The molecule has 1 heterocycles. The molecule has 0 saturated carbocycles. The second-order valence-corrected chi connectivity index (χ2v) is 3.17. The van der Waals surface area contributed by atoms with Gasteiger partial charge in [-0.1, -0.05) is 13.8 Å². The molecule has 0 aliphatic rings. The third-order valence-electron chi connectivity index (χ3n) is 1.87. The standard InChI is InChI=1S/C8H15N3/c1-6(2)7(9)8-10-4-5-11(8)3/h4-7H,9H2,1-3H3/t7-/m1/s1. The van der Waals surface area contributed by atoms with Gasteiger partial charge in [-0.05, 0) is 5.92 Å². The molecule has 1 atom stereocenters. The molecule has 3 nitrogen and oxygen atoms in total. The second-order valence-electron chi connectivity index (χ2n) is 3.17. The van der Waals surface area contributed by atoms with E-state index in [0.717, 1.165) is 5.82 Å². The van der Waals surface area contributed by atoms with Crippen LogP contribution >= 0.6 is 0 Å². The van der Waals surface area contributed by atoms with Crippen LogP contribution in [0.15, 0.2) is 12.4 Å². The molecule has 0 bridgehead atoms. The first-order chi connectivity index (χ1) is 5.13. The Hall–Kier alpha value is -0.830. The van der Waals surface area contributed by atoms with Crippen molar-refractivity contribution < 1.29 is 0 Å². The zero-order valence-electron chi connectivity index (χ0n) is 7.28. The maximum atomic E-state index is 5.90. The van der Waals surface area contributed by atoms with Crippen LogP contribution in [0, 0.1) is 5.92 Å². The van der Waals surface area contributed by atoms with E-state index in [1.165, 1.54) is 0 Å². The molecular weight excluding hydrogens is 138 g/mol. The topological polar surface area (TPSA) is 43.8 Å². The highest BCUT2D eigenvalue weighted by Crippen LogP contribution is 2.15. The van der Waals surface area contributed by atoms with Crippen molar-refractivity contribution in [1.29, 1.82) is 0 Å². The van der Waals surface area contributed by atoms with Crippen molar-refractivity contribution in [3.05, 3.63) is 18.2 Å². The lowest BCUT2D eigenvalue weighted by molar-refractivity contribution is 0.478. The molecule has 11 heavy (non-hydrogen) atoms. The summed E-state index contributed by atoms with van der Waals surface area (Å²) < 4.78 is 1.96. The Morgan fingerprint density at radius 3 is 2.55 bits per heavy atom. The smallest absolute Gasteiger partial charge is 0.125 e. The van der Waals surface area contributed by atoms with Gasteiger partial charge in [0, 0.05) is 19.4 Å². The summed E-state index contributed by atoms with van der Waals surface area (Å²) >= 11 is 0. The summed E-state index contributed by atoms with van der Waals surface area (Å²) in [5, 5.41) is 0. The van der Waals surface area contributed by atoms with Crippen LogP contribution in [0.25, 0.3) is 0 Å². The van der Waals surface area contributed by atoms with Crippen LogP contribution in [0.1, 0.15) is 25.7 Å². The minimum atomic E-state index is 0.0509. The first kappa shape index (κ1) is 8.27. The van der Waals surface area contributed by atoms with Crippen molar-refractivity contribution in [2.75, 3.05) is 0 Å². The number of aryl methyl sites for hydroxylation is 1. The Morgan fingerprint density at radius 1 is 1.55 bits per heavy atom. The van der Waals surface area contributed by atoms with E-state index in [1.54, 1.807) is 6.20 Å². The van der Waals surface area contributed by atoms with E-state index < -0.39 is 0 Å². The van der Waals surface area contributed by atoms with Crippen molar-refractivity contribution in [3.63, 3.8) is 0 Å². The van der Waals surface area contributed by atoms with Gasteiger partial charge in [-0.3, -0.25) is 0 Å². The highest BCUT2D eigenvalue weighted by Gasteiger charge is 2.13. The molecule has 0 radical (unpaired) electrons. The number of hydrogen-bond acceptors (Lipinski definition) is 2. The van der Waals surface area contributed by atoms with Crippen LogP contribution < -0.4 is 5.73 Å². The predicted molar refractivity (Wildman–Crippen MR) is 45.0 cm³/mol. The summed E-state index contributed by atoms with van der Waals surface area (Å²) in [7, 11) is 1.96. The summed E-state index contributed by atoms with van der Waals surface area (Å²) in [4.78, 5) is 4.17. The van der Waals surface area contributed by atoms with Crippen LogP contribution in [0.3, 0.4) is 0 Å². The van der Waals surface area contributed by atoms with E-state index in [1.807, 2.05) is 17.8 Å². The fourth-order valence-corrected chi connectivity index (χ4v) is 0.996. The molecule has 0 spiro atoms. The molecule has 1 rings (SSSR count). The Balaban J connectivity index is 2.84. The van der Waals surface area contributed by atoms with Gasteiger partial charge in [0.1, 0.15) is 5.82 Å². The Bertz CT molecular complexity index is 227. The van der Waals surface area contributed by atoms with Crippen molar-refractivity contribution >= 4 is 0 Å². The highest BCUT2D eigenvalue weighted by atomic mass is 15.1. The van der Waals surface area contributed by atoms with Crippen LogP contribution in [0.4, 0.5) is 0 Å². The van der Waals surface area contributed by atoms with Gasteiger partial charge in [0.05, 0.1) is 6.04 Å². The molecule has 1 aromatic heterocycles. The average molecular weight is 153 g/mol. The fraction of sp³-hybridized carbons (Fsp3) is 0.625. The van der Waals surface area contributed by atoms with Gasteiger partial charge in [-0.15, -0.1) is 0 Å². The van der Waals surface area contributed by atoms with E-state index in [4.69, 9.17) is 5.73 Å². The quantitative estimate of drug-likeness (QED) is 0.690. The monoisotopic (exact) mass is 153 g/mol. The van der Waals surface area contributed by atoms with Gasteiger partial charge >= 0.3 is 0 Å². The highest BCUT2D eigenvalue weighted by molar-refractivity contribution is 4.98. The first-order valence-electron chi connectivity index (χ1n) is 3.85. The normalized spacial score (nSPS) is 13.9. The van der Waals surface area contributed by atoms with Crippen molar-refractivity contribution in [3.8, 4) is 0 Å². The molecule has 0 aromatic carbocycles. The molecule has 0 amide bonds. The van der Waals surface area contributed by atoms with Crippen LogP contribution in [-0.2, 0) is 7.05 Å². The van der Waals surface area contributed by atoms with Gasteiger partial charge in [-0.2, -0.15) is 0 Å². The maximum Gasteiger partial charge on any atom is 0.125 e.